The lowest BCUT2D eigenvalue weighted by Gasteiger charge is -2.22. The molecule has 0 atom stereocenters. The Bertz CT molecular complexity index is 1080. The fourth-order valence-corrected chi connectivity index (χ4v) is 4.92. The molecule has 2 aliphatic rings. The first-order valence-electron chi connectivity index (χ1n) is 11.5. The molecule has 0 saturated carbocycles. The molecule has 0 bridgehead atoms. The predicted molar refractivity (Wildman–Crippen MR) is 145 cm³/mol. The van der Waals surface area contributed by atoms with Crippen molar-refractivity contribution in [1.82, 2.24) is 4.90 Å². The van der Waals surface area contributed by atoms with E-state index in [9.17, 15) is 4.39 Å². The Hall–Kier alpha value is -2.37. The van der Waals surface area contributed by atoms with E-state index in [4.69, 9.17) is 4.40 Å². The van der Waals surface area contributed by atoms with Gasteiger partial charge in [0, 0.05) is 18.7 Å². The van der Waals surface area contributed by atoms with Crippen LogP contribution in [0, 0.1) is 12.7 Å². The van der Waals surface area contributed by atoms with E-state index in [1.807, 2.05) is 19.9 Å². The van der Waals surface area contributed by atoms with Crippen molar-refractivity contribution in [2.75, 3.05) is 20.1 Å². The topological polar surface area (TPSA) is 15.6 Å². The van der Waals surface area contributed by atoms with Crippen molar-refractivity contribution in [1.29, 1.82) is 0 Å². The van der Waals surface area contributed by atoms with Crippen LogP contribution >= 0.6 is 11.8 Å². The minimum absolute atomic E-state index is 0.188. The van der Waals surface area contributed by atoms with Gasteiger partial charge in [-0.1, -0.05) is 67.2 Å². The van der Waals surface area contributed by atoms with Crippen LogP contribution in [0.15, 0.2) is 87.3 Å². The summed E-state index contributed by atoms with van der Waals surface area (Å²) < 4.78 is 19.3. The Morgan fingerprint density at radius 2 is 2.09 bits per heavy atom. The van der Waals surface area contributed by atoms with Crippen LogP contribution in [0.5, 0.6) is 0 Å². The van der Waals surface area contributed by atoms with Crippen molar-refractivity contribution < 1.29 is 4.39 Å². The zero-order valence-electron chi connectivity index (χ0n) is 20.4. The van der Waals surface area contributed by atoms with Crippen molar-refractivity contribution in [2.45, 2.75) is 40.5 Å². The van der Waals surface area contributed by atoms with Crippen molar-refractivity contribution in [2.24, 2.45) is 4.40 Å². The highest BCUT2D eigenvalue weighted by atomic mass is 32.2. The van der Waals surface area contributed by atoms with E-state index in [-0.39, 0.29) is 5.82 Å². The van der Waals surface area contributed by atoms with Crippen LogP contribution in [0.1, 0.15) is 44.7 Å². The molecule has 3 rings (SSSR count). The highest BCUT2D eigenvalue weighted by molar-refractivity contribution is 8.22. The predicted octanol–water partition coefficient (Wildman–Crippen LogP) is 7.24. The molecular formula is C28H33BFN2S. The van der Waals surface area contributed by atoms with Gasteiger partial charge in [0.05, 0.1) is 5.71 Å². The van der Waals surface area contributed by atoms with E-state index in [0.717, 1.165) is 59.5 Å². The number of allylic oxidation sites excluding steroid dienone is 9. The molecule has 33 heavy (non-hydrogen) atoms. The number of aryl methyl sites for hydroxylation is 1. The van der Waals surface area contributed by atoms with E-state index < -0.39 is 0 Å². The van der Waals surface area contributed by atoms with Gasteiger partial charge >= 0.3 is 0 Å². The first-order valence-corrected chi connectivity index (χ1v) is 12.3. The molecule has 2 nitrogen and oxygen atoms in total. The van der Waals surface area contributed by atoms with Crippen LogP contribution in [-0.2, 0) is 0 Å². The highest BCUT2D eigenvalue weighted by Crippen LogP contribution is 2.30. The summed E-state index contributed by atoms with van der Waals surface area (Å²) in [7, 11) is 2.14. The SMILES string of the molecule is C=C(/C=C\C=C(/C)C1=NS[B]C(CC)=C1/C=C(\C)c1c(C)cccc1F)C1=CCN(C)CC1. The van der Waals surface area contributed by atoms with Crippen LogP contribution in [0.25, 0.3) is 5.57 Å². The first-order chi connectivity index (χ1) is 15.8. The zero-order valence-corrected chi connectivity index (χ0v) is 21.2. The fourth-order valence-electron chi connectivity index (χ4n) is 4.10. The van der Waals surface area contributed by atoms with Crippen LogP contribution < -0.4 is 0 Å². The summed E-state index contributed by atoms with van der Waals surface area (Å²) in [4.78, 5) is 2.30. The zero-order chi connectivity index (χ0) is 24.0. The number of hydrogen-bond acceptors (Lipinski definition) is 3. The third-order valence-corrected chi connectivity index (χ3v) is 6.82. The van der Waals surface area contributed by atoms with Gasteiger partial charge in [0.2, 0.25) is 0 Å². The molecule has 171 valence electrons. The molecule has 2 heterocycles. The van der Waals surface area contributed by atoms with Crippen molar-refractivity contribution >= 4 is 29.6 Å². The summed E-state index contributed by atoms with van der Waals surface area (Å²) in [5.41, 5.74) is 9.21. The number of nitrogens with zero attached hydrogens (tertiary/aromatic N) is 2. The highest BCUT2D eigenvalue weighted by Gasteiger charge is 2.19. The van der Waals surface area contributed by atoms with Gasteiger partial charge in [-0.15, -0.1) is 0 Å². The van der Waals surface area contributed by atoms with Crippen molar-refractivity contribution in [3.63, 3.8) is 0 Å². The lowest BCUT2D eigenvalue weighted by molar-refractivity contribution is 0.361. The Labute approximate surface area is 203 Å². The maximum Gasteiger partial charge on any atom is 0.257 e. The average molecular weight is 459 g/mol. The molecule has 5 heteroatoms. The van der Waals surface area contributed by atoms with Crippen LogP contribution in [0.4, 0.5) is 4.39 Å². The fraction of sp³-hybridized carbons (Fsp3) is 0.321. The molecule has 0 aromatic heterocycles. The molecule has 0 spiro atoms. The molecule has 0 fully saturated rings. The summed E-state index contributed by atoms with van der Waals surface area (Å²) in [6, 6.07) is 5.23. The third-order valence-electron chi connectivity index (χ3n) is 6.14. The number of benzene rings is 1. The number of likely N-dealkylation sites (N-methyl/N-ethyl adjacent to an activating group) is 1. The van der Waals surface area contributed by atoms with E-state index in [1.165, 1.54) is 28.9 Å². The minimum Gasteiger partial charge on any atom is -0.302 e. The van der Waals surface area contributed by atoms with E-state index in [0.29, 0.717) is 5.56 Å². The molecule has 1 aromatic carbocycles. The van der Waals surface area contributed by atoms with Gasteiger partial charge in [0.15, 0.2) is 0 Å². The average Bonchev–Trinajstić information content (AvgIpc) is 2.79. The van der Waals surface area contributed by atoms with Gasteiger partial charge in [-0.2, -0.15) is 0 Å². The van der Waals surface area contributed by atoms with Gasteiger partial charge in [-0.25, -0.2) is 8.79 Å². The second-order valence-corrected chi connectivity index (χ2v) is 9.32. The Morgan fingerprint density at radius 3 is 2.76 bits per heavy atom. The maximum atomic E-state index is 14.6. The minimum atomic E-state index is -0.188. The monoisotopic (exact) mass is 459 g/mol. The van der Waals surface area contributed by atoms with Gasteiger partial charge in [-0.05, 0) is 86.2 Å². The third kappa shape index (κ3) is 6.36. The van der Waals surface area contributed by atoms with Gasteiger partial charge in [-0.3, -0.25) is 0 Å². The molecule has 2 aliphatic heterocycles. The summed E-state index contributed by atoms with van der Waals surface area (Å²) in [6.07, 6.45) is 12.5. The molecule has 0 saturated heterocycles. The molecule has 0 N–H and O–H groups in total. The van der Waals surface area contributed by atoms with Crippen LogP contribution in [-0.4, -0.2) is 37.3 Å². The quantitative estimate of drug-likeness (QED) is 0.243. The molecular weight excluding hydrogens is 426 g/mol. The number of rotatable bonds is 7. The lowest BCUT2D eigenvalue weighted by atomic mass is 9.81. The summed E-state index contributed by atoms with van der Waals surface area (Å²) in [5.74, 6) is -0.188. The van der Waals surface area contributed by atoms with Crippen LogP contribution in [0.2, 0.25) is 0 Å². The summed E-state index contributed by atoms with van der Waals surface area (Å²) >= 11 is 1.47. The summed E-state index contributed by atoms with van der Waals surface area (Å²) in [6.45, 7) is 16.5. The van der Waals surface area contributed by atoms with Crippen LogP contribution in [0.3, 0.4) is 0 Å². The molecule has 0 unspecified atom stereocenters. The smallest absolute Gasteiger partial charge is 0.257 e. The first kappa shape index (κ1) is 25.3. The second kappa shape index (κ2) is 11.7. The van der Waals surface area contributed by atoms with E-state index in [2.05, 4.69) is 69.3 Å². The standard InChI is InChI=1S/C28H33BFN2S/c1-7-25-24(18-22(5)27-20(3)11-9-13-26(27)30)28(31-33-29-25)21(4)12-8-10-19(2)23-14-16-32(6)17-15-23/h8-14,18H,2,7,15-17H2,1,3-6H3/b10-8-,21-12+,22-18+. The number of hydrogen-bond donors (Lipinski definition) is 0. The van der Waals surface area contributed by atoms with E-state index >= 15 is 0 Å². The Kier molecular flexibility index (Phi) is 8.93. The molecule has 0 aliphatic carbocycles. The Morgan fingerprint density at radius 1 is 1.30 bits per heavy atom. The Balaban J connectivity index is 1.87. The number of halogens is 1. The molecule has 1 radical (unpaired) electrons. The lowest BCUT2D eigenvalue weighted by Crippen LogP contribution is -2.24. The maximum absolute atomic E-state index is 14.6. The second-order valence-electron chi connectivity index (χ2n) is 8.69. The normalized spacial score (nSPS) is 18.4. The van der Waals surface area contributed by atoms with Gasteiger partial charge in [0.25, 0.3) is 6.56 Å². The molecule has 0 amide bonds. The molecule has 1 aromatic rings. The van der Waals surface area contributed by atoms with Crippen molar-refractivity contribution in [3.05, 3.63) is 99.9 Å². The summed E-state index contributed by atoms with van der Waals surface area (Å²) in [5, 5.41) is 0. The van der Waals surface area contributed by atoms with Crippen molar-refractivity contribution in [3.8, 4) is 0 Å². The largest absolute Gasteiger partial charge is 0.302 e. The van der Waals surface area contributed by atoms with Gasteiger partial charge < -0.3 is 4.90 Å². The van der Waals surface area contributed by atoms with E-state index in [1.54, 1.807) is 6.07 Å². The van der Waals surface area contributed by atoms with Gasteiger partial charge in [0.1, 0.15) is 5.82 Å².